The van der Waals surface area contributed by atoms with Crippen LogP contribution >= 0.6 is 0 Å². The van der Waals surface area contributed by atoms with Gasteiger partial charge in [-0.25, -0.2) is 0 Å². The van der Waals surface area contributed by atoms with Crippen LogP contribution in [-0.2, 0) is 0 Å². The Morgan fingerprint density at radius 3 is 2.53 bits per heavy atom. The fourth-order valence-corrected chi connectivity index (χ4v) is 1.55. The van der Waals surface area contributed by atoms with Gasteiger partial charge in [-0.15, -0.1) is 0 Å². The first-order valence-electron chi connectivity index (χ1n) is 5.23. The van der Waals surface area contributed by atoms with E-state index in [9.17, 15) is 9.90 Å². The third-order valence-electron chi connectivity index (χ3n) is 2.26. The van der Waals surface area contributed by atoms with E-state index in [2.05, 4.69) is 0 Å². The summed E-state index contributed by atoms with van der Waals surface area (Å²) < 4.78 is 0. The van der Waals surface area contributed by atoms with Gasteiger partial charge < -0.3 is 5.11 Å². The zero-order valence-electron chi connectivity index (χ0n) is 9.23. The van der Waals surface area contributed by atoms with Crippen molar-refractivity contribution in [3.63, 3.8) is 0 Å². The molecule has 0 fully saturated rings. The van der Waals surface area contributed by atoms with Crippen molar-refractivity contribution < 1.29 is 9.90 Å². The minimum atomic E-state index is -0.998. The number of carbonyl (C=O) groups is 1. The van der Waals surface area contributed by atoms with Gasteiger partial charge >= 0.3 is 0 Å². The average molecular weight is 205 g/mol. The Morgan fingerprint density at radius 2 is 2.00 bits per heavy atom. The molecular weight excluding hydrogens is 188 g/mol. The number of hydrogen-bond acceptors (Lipinski definition) is 2. The van der Waals surface area contributed by atoms with Crippen molar-refractivity contribution in [3.05, 3.63) is 42.3 Å². The quantitative estimate of drug-likeness (QED) is 0.750. The highest BCUT2D eigenvalue weighted by Gasteiger charge is 2.24. The van der Waals surface area contributed by atoms with E-state index in [1.165, 1.54) is 6.42 Å². The van der Waals surface area contributed by atoms with E-state index in [1.54, 1.807) is 19.1 Å². The molecule has 0 saturated carbocycles. The minimum absolute atomic E-state index is 0.117. The molecule has 0 amide bonds. The van der Waals surface area contributed by atoms with Crippen LogP contribution < -0.4 is 0 Å². The highest BCUT2D eigenvalue weighted by molar-refractivity contribution is 6.03. The number of rotatable bonds is 5. The number of ketones is 1. The van der Waals surface area contributed by atoms with Gasteiger partial charge in [-0.2, -0.15) is 0 Å². The topological polar surface area (TPSA) is 37.3 Å². The van der Waals surface area contributed by atoms with Gasteiger partial charge in [-0.05, 0) is 13.3 Å². The van der Waals surface area contributed by atoms with Gasteiger partial charge in [0.2, 0.25) is 0 Å². The highest BCUT2D eigenvalue weighted by atomic mass is 16.3. The van der Waals surface area contributed by atoms with E-state index in [-0.39, 0.29) is 5.78 Å². The molecule has 0 spiro atoms. The summed E-state index contributed by atoms with van der Waals surface area (Å²) in [7, 11) is 0. The first-order valence-corrected chi connectivity index (χ1v) is 5.23. The van der Waals surface area contributed by atoms with Gasteiger partial charge in [0.15, 0.2) is 5.78 Å². The lowest BCUT2D eigenvalue weighted by atomic mass is 9.92. The van der Waals surface area contributed by atoms with E-state index >= 15 is 0 Å². The van der Waals surface area contributed by atoms with Crippen molar-refractivity contribution in [2.24, 2.45) is 0 Å². The smallest absolute Gasteiger partial charge is 0.169 e. The molecular formula is C13H17O2. The van der Waals surface area contributed by atoms with Crippen molar-refractivity contribution in [2.75, 3.05) is 0 Å². The molecule has 81 valence electrons. The Morgan fingerprint density at radius 1 is 1.40 bits per heavy atom. The van der Waals surface area contributed by atoms with Crippen LogP contribution in [0.5, 0.6) is 0 Å². The summed E-state index contributed by atoms with van der Waals surface area (Å²) in [5.74, 6) is -0.117. The van der Waals surface area contributed by atoms with Crippen LogP contribution in [-0.4, -0.2) is 16.5 Å². The van der Waals surface area contributed by atoms with Gasteiger partial charge in [-0.1, -0.05) is 43.7 Å². The first kappa shape index (κ1) is 11.9. The summed E-state index contributed by atoms with van der Waals surface area (Å²) >= 11 is 0. The predicted molar refractivity (Wildman–Crippen MR) is 60.6 cm³/mol. The van der Waals surface area contributed by atoms with E-state index in [4.69, 9.17) is 0 Å². The first-order chi connectivity index (χ1) is 7.05. The Kier molecular flexibility index (Phi) is 4.04. The molecule has 1 unspecified atom stereocenters. The molecule has 15 heavy (non-hydrogen) atoms. The summed E-state index contributed by atoms with van der Waals surface area (Å²) in [4.78, 5) is 11.7. The summed E-state index contributed by atoms with van der Waals surface area (Å²) in [6.45, 7) is 3.65. The molecule has 1 aromatic carbocycles. The van der Waals surface area contributed by atoms with Gasteiger partial charge in [0.25, 0.3) is 0 Å². The van der Waals surface area contributed by atoms with Gasteiger partial charge in [0.05, 0.1) is 12.0 Å². The second-order valence-electron chi connectivity index (χ2n) is 3.98. The monoisotopic (exact) mass is 205 g/mol. The lowest BCUT2D eigenvalue weighted by Gasteiger charge is -2.20. The molecule has 0 aliphatic heterocycles. The zero-order chi connectivity index (χ0) is 11.3. The normalized spacial score (nSPS) is 14.6. The second kappa shape index (κ2) is 5.08. The van der Waals surface area contributed by atoms with Gasteiger partial charge in [-0.3, -0.25) is 4.79 Å². The van der Waals surface area contributed by atoms with Crippen LogP contribution in [0.4, 0.5) is 0 Å². The van der Waals surface area contributed by atoms with Gasteiger partial charge in [0, 0.05) is 5.56 Å². The van der Waals surface area contributed by atoms with Gasteiger partial charge in [0.1, 0.15) is 0 Å². The largest absolute Gasteiger partial charge is 0.389 e. The summed E-state index contributed by atoms with van der Waals surface area (Å²) in [6.07, 6.45) is 2.85. The summed E-state index contributed by atoms with van der Waals surface area (Å²) in [5.41, 5.74) is -0.379. The molecule has 2 nitrogen and oxygen atoms in total. The Balaban J connectivity index is 2.64. The summed E-state index contributed by atoms with van der Waals surface area (Å²) in [6, 6.07) is 8.99. The molecule has 0 bridgehead atoms. The minimum Gasteiger partial charge on any atom is -0.389 e. The van der Waals surface area contributed by atoms with Crippen LogP contribution in [0.3, 0.4) is 0 Å². The maximum atomic E-state index is 11.7. The zero-order valence-corrected chi connectivity index (χ0v) is 9.23. The predicted octanol–water partition coefficient (Wildman–Crippen LogP) is 2.62. The molecule has 0 saturated heterocycles. The van der Waals surface area contributed by atoms with Crippen LogP contribution in [0.25, 0.3) is 0 Å². The van der Waals surface area contributed by atoms with Crippen LogP contribution in [0.2, 0.25) is 0 Å². The van der Waals surface area contributed by atoms with Crippen molar-refractivity contribution in [2.45, 2.75) is 32.3 Å². The van der Waals surface area contributed by atoms with Crippen molar-refractivity contribution >= 4 is 5.78 Å². The molecule has 0 aliphatic carbocycles. The number of benzene rings is 1. The average Bonchev–Trinajstić information content (AvgIpc) is 2.18. The fourth-order valence-electron chi connectivity index (χ4n) is 1.55. The van der Waals surface area contributed by atoms with E-state index in [0.717, 1.165) is 6.42 Å². The Hall–Kier alpha value is -1.15. The summed E-state index contributed by atoms with van der Waals surface area (Å²) in [5, 5.41) is 9.87. The fraction of sp³-hybridized carbons (Fsp3) is 0.385. The van der Waals surface area contributed by atoms with Crippen molar-refractivity contribution in [1.82, 2.24) is 0 Å². The SMILES string of the molecule is CCCC(C)(O)[CH]C(=O)c1ccccc1. The van der Waals surface area contributed by atoms with Crippen molar-refractivity contribution in [1.29, 1.82) is 0 Å². The second-order valence-corrected chi connectivity index (χ2v) is 3.98. The number of aliphatic hydroxyl groups is 1. The molecule has 2 heteroatoms. The van der Waals surface area contributed by atoms with E-state index in [0.29, 0.717) is 12.0 Å². The third kappa shape index (κ3) is 3.84. The van der Waals surface area contributed by atoms with E-state index < -0.39 is 5.60 Å². The third-order valence-corrected chi connectivity index (χ3v) is 2.26. The molecule has 0 aliphatic rings. The molecule has 0 heterocycles. The standard InChI is InChI=1S/C13H17O2/c1-3-9-13(2,15)10-12(14)11-7-5-4-6-8-11/h4-8,10,15H,3,9H2,1-2H3. The van der Waals surface area contributed by atoms with Crippen LogP contribution in [0.1, 0.15) is 37.0 Å². The van der Waals surface area contributed by atoms with Crippen LogP contribution in [0, 0.1) is 6.42 Å². The molecule has 1 radical (unpaired) electrons. The van der Waals surface area contributed by atoms with Crippen molar-refractivity contribution in [3.8, 4) is 0 Å². The van der Waals surface area contributed by atoms with Crippen LogP contribution in [0.15, 0.2) is 30.3 Å². The maximum absolute atomic E-state index is 11.7. The molecule has 1 rings (SSSR count). The number of carbonyl (C=O) groups excluding carboxylic acids is 1. The number of Topliss-reactive ketones (excluding diaryl/α,β-unsaturated/α-hetero) is 1. The Labute approximate surface area is 90.9 Å². The lowest BCUT2D eigenvalue weighted by molar-refractivity contribution is 0.0701. The Bertz CT molecular complexity index is 315. The molecule has 0 aromatic heterocycles. The number of hydrogen-bond donors (Lipinski definition) is 1. The lowest BCUT2D eigenvalue weighted by Crippen LogP contribution is -2.28. The van der Waals surface area contributed by atoms with E-state index in [1.807, 2.05) is 25.1 Å². The molecule has 1 N–H and O–H groups in total. The maximum Gasteiger partial charge on any atom is 0.169 e. The molecule has 1 atom stereocenters. The molecule has 1 aromatic rings. The highest BCUT2D eigenvalue weighted by Crippen LogP contribution is 2.18.